The Morgan fingerprint density at radius 2 is 2.23 bits per heavy atom. The average molecular weight is 245 g/mol. The Balaban J connectivity index is 2.94. The van der Waals surface area contributed by atoms with Crippen molar-refractivity contribution in [3.63, 3.8) is 0 Å². The molecule has 13 heavy (non-hydrogen) atoms. The predicted octanol–water partition coefficient (Wildman–Crippen LogP) is 3.35. The van der Waals surface area contributed by atoms with Crippen molar-refractivity contribution in [3.8, 4) is 0 Å². The summed E-state index contributed by atoms with van der Waals surface area (Å²) in [5.41, 5.74) is 1.90. The number of aliphatic hydroxyl groups excluding tert-OH is 1. The Bertz CT molecular complexity index is 322. The third kappa shape index (κ3) is 2.71. The van der Waals surface area contributed by atoms with E-state index in [1.807, 2.05) is 20.8 Å². The highest BCUT2D eigenvalue weighted by atomic mass is 79.9. The molecule has 0 fully saturated rings. The molecule has 0 aliphatic rings. The topological polar surface area (TPSA) is 33.4 Å². The van der Waals surface area contributed by atoms with Crippen molar-refractivity contribution in [2.45, 2.75) is 26.9 Å². The van der Waals surface area contributed by atoms with Gasteiger partial charge in [-0.15, -0.1) is 0 Å². The van der Waals surface area contributed by atoms with Gasteiger partial charge in [0.15, 0.2) is 4.67 Å². The van der Waals surface area contributed by atoms with E-state index in [1.165, 1.54) is 0 Å². The first-order valence-corrected chi connectivity index (χ1v) is 4.89. The van der Waals surface area contributed by atoms with Crippen LogP contribution >= 0.6 is 15.9 Å². The highest BCUT2D eigenvalue weighted by Crippen LogP contribution is 2.26. The Hall–Kier alpha value is -0.540. The van der Waals surface area contributed by atoms with Crippen LogP contribution in [0.4, 0.5) is 0 Å². The molecule has 0 aliphatic heterocycles. The van der Waals surface area contributed by atoms with Crippen LogP contribution in [-0.2, 0) is 0 Å². The van der Waals surface area contributed by atoms with E-state index in [-0.39, 0.29) is 0 Å². The fourth-order valence-corrected chi connectivity index (χ4v) is 1.65. The van der Waals surface area contributed by atoms with Gasteiger partial charge >= 0.3 is 0 Å². The normalized spacial score (nSPS) is 12.7. The average Bonchev–Trinajstić information content (AvgIpc) is 2.28. The van der Waals surface area contributed by atoms with E-state index in [0.717, 1.165) is 16.9 Å². The van der Waals surface area contributed by atoms with Crippen LogP contribution in [-0.4, -0.2) is 5.11 Å². The Kier molecular flexibility index (Phi) is 3.33. The maximum Gasteiger partial charge on any atom is 0.169 e. The quantitative estimate of drug-likeness (QED) is 0.810. The van der Waals surface area contributed by atoms with Crippen molar-refractivity contribution in [1.82, 2.24) is 0 Å². The molecule has 1 rings (SSSR count). The molecule has 2 nitrogen and oxygen atoms in total. The van der Waals surface area contributed by atoms with E-state index >= 15 is 0 Å². The first-order chi connectivity index (χ1) is 6.00. The lowest BCUT2D eigenvalue weighted by molar-refractivity contribution is 0.225. The minimum atomic E-state index is -0.569. The number of allylic oxidation sites excluding steroid dienone is 1. The third-order valence-corrected chi connectivity index (χ3v) is 2.13. The fourth-order valence-electron chi connectivity index (χ4n) is 1.16. The van der Waals surface area contributed by atoms with Crippen molar-refractivity contribution in [1.29, 1.82) is 0 Å². The van der Waals surface area contributed by atoms with E-state index in [4.69, 9.17) is 4.42 Å². The molecule has 1 aromatic heterocycles. The van der Waals surface area contributed by atoms with Gasteiger partial charge in [-0.05, 0) is 42.8 Å². The minimum Gasteiger partial charge on any atom is -0.454 e. The zero-order chi connectivity index (χ0) is 10.0. The van der Waals surface area contributed by atoms with E-state index < -0.39 is 6.10 Å². The van der Waals surface area contributed by atoms with E-state index in [1.54, 1.807) is 12.1 Å². The maximum absolute atomic E-state index is 9.73. The largest absolute Gasteiger partial charge is 0.454 e. The van der Waals surface area contributed by atoms with Crippen molar-refractivity contribution in [2.75, 3.05) is 0 Å². The van der Waals surface area contributed by atoms with Gasteiger partial charge in [0, 0.05) is 5.56 Å². The molecule has 0 amide bonds. The molecule has 0 bridgehead atoms. The summed E-state index contributed by atoms with van der Waals surface area (Å²) in [7, 11) is 0. The van der Waals surface area contributed by atoms with Gasteiger partial charge in [-0.3, -0.25) is 0 Å². The molecule has 72 valence electrons. The number of furan rings is 1. The number of aliphatic hydroxyl groups is 1. The molecule has 1 N–H and O–H groups in total. The van der Waals surface area contributed by atoms with Crippen LogP contribution in [0.5, 0.6) is 0 Å². The number of hydrogen-bond acceptors (Lipinski definition) is 2. The minimum absolute atomic E-state index is 0.569. The monoisotopic (exact) mass is 244 g/mol. The molecule has 0 aliphatic carbocycles. The van der Waals surface area contributed by atoms with Crippen LogP contribution in [0, 0.1) is 6.92 Å². The number of hydrogen-bond donors (Lipinski definition) is 1. The Morgan fingerprint density at radius 3 is 2.62 bits per heavy atom. The van der Waals surface area contributed by atoms with Gasteiger partial charge in [0.25, 0.3) is 0 Å². The summed E-state index contributed by atoms with van der Waals surface area (Å²) in [6, 6.07) is 1.79. The Labute approximate surface area is 86.4 Å². The molecule has 0 spiro atoms. The summed E-state index contributed by atoms with van der Waals surface area (Å²) in [6.45, 7) is 5.74. The van der Waals surface area contributed by atoms with Gasteiger partial charge in [0.05, 0.1) is 0 Å². The summed E-state index contributed by atoms with van der Waals surface area (Å²) >= 11 is 3.22. The smallest absolute Gasteiger partial charge is 0.169 e. The van der Waals surface area contributed by atoms with Crippen LogP contribution in [0.2, 0.25) is 0 Å². The molecule has 1 atom stereocenters. The van der Waals surface area contributed by atoms with Crippen LogP contribution in [0.15, 0.2) is 26.8 Å². The SMILES string of the molecule is CC(C)=CC(O)c1cc(Br)oc1C. The summed E-state index contributed by atoms with van der Waals surface area (Å²) in [5.74, 6) is 0.747. The van der Waals surface area contributed by atoms with Crippen molar-refractivity contribution < 1.29 is 9.52 Å². The predicted molar refractivity (Wildman–Crippen MR) is 55.5 cm³/mol. The van der Waals surface area contributed by atoms with Gasteiger partial charge < -0.3 is 9.52 Å². The molecule has 0 aromatic carbocycles. The van der Waals surface area contributed by atoms with Gasteiger partial charge in [-0.2, -0.15) is 0 Å². The molecular formula is C10H13BrO2. The highest BCUT2D eigenvalue weighted by Gasteiger charge is 2.12. The summed E-state index contributed by atoms with van der Waals surface area (Å²) in [4.78, 5) is 0. The number of rotatable bonds is 2. The van der Waals surface area contributed by atoms with Crippen molar-refractivity contribution in [3.05, 3.63) is 33.7 Å². The molecule has 1 heterocycles. The molecular weight excluding hydrogens is 232 g/mol. The van der Waals surface area contributed by atoms with Crippen LogP contribution in [0.25, 0.3) is 0 Å². The first-order valence-electron chi connectivity index (χ1n) is 4.09. The van der Waals surface area contributed by atoms with E-state index in [9.17, 15) is 5.11 Å². The number of halogens is 1. The molecule has 0 saturated carbocycles. The zero-order valence-corrected chi connectivity index (χ0v) is 9.55. The standard InChI is InChI=1S/C10H13BrO2/c1-6(2)4-9(12)8-5-10(11)13-7(8)3/h4-5,9,12H,1-3H3. The van der Waals surface area contributed by atoms with Crippen LogP contribution in [0.1, 0.15) is 31.3 Å². The lowest BCUT2D eigenvalue weighted by Gasteiger charge is -2.03. The van der Waals surface area contributed by atoms with Crippen LogP contribution in [0.3, 0.4) is 0 Å². The van der Waals surface area contributed by atoms with Gasteiger partial charge in [0.1, 0.15) is 11.9 Å². The summed E-state index contributed by atoms with van der Waals surface area (Å²) < 4.78 is 5.90. The second-order valence-electron chi connectivity index (χ2n) is 3.25. The molecule has 1 unspecified atom stereocenters. The third-order valence-electron chi connectivity index (χ3n) is 1.74. The van der Waals surface area contributed by atoms with Gasteiger partial charge in [0.2, 0.25) is 0 Å². The molecule has 3 heteroatoms. The second-order valence-corrected chi connectivity index (χ2v) is 4.03. The summed E-state index contributed by atoms with van der Waals surface area (Å²) in [5, 5.41) is 9.73. The molecule has 0 radical (unpaired) electrons. The lowest BCUT2D eigenvalue weighted by Crippen LogP contribution is -1.93. The maximum atomic E-state index is 9.73. The lowest BCUT2D eigenvalue weighted by atomic mass is 10.1. The van der Waals surface area contributed by atoms with E-state index in [0.29, 0.717) is 4.67 Å². The zero-order valence-electron chi connectivity index (χ0n) is 7.97. The van der Waals surface area contributed by atoms with Gasteiger partial charge in [-0.1, -0.05) is 11.6 Å². The first kappa shape index (κ1) is 10.5. The fraction of sp³-hybridized carbons (Fsp3) is 0.400. The molecule has 1 aromatic rings. The van der Waals surface area contributed by atoms with Crippen molar-refractivity contribution in [2.24, 2.45) is 0 Å². The Morgan fingerprint density at radius 1 is 1.62 bits per heavy atom. The summed E-state index contributed by atoms with van der Waals surface area (Å²) in [6.07, 6.45) is 1.23. The van der Waals surface area contributed by atoms with Crippen LogP contribution < -0.4 is 0 Å². The van der Waals surface area contributed by atoms with E-state index in [2.05, 4.69) is 15.9 Å². The second kappa shape index (κ2) is 4.11. The van der Waals surface area contributed by atoms with Crippen molar-refractivity contribution >= 4 is 15.9 Å². The molecule has 0 saturated heterocycles. The number of aryl methyl sites for hydroxylation is 1. The van der Waals surface area contributed by atoms with Gasteiger partial charge in [-0.25, -0.2) is 0 Å². The highest BCUT2D eigenvalue weighted by molar-refractivity contribution is 9.10.